The molecule has 1 atom stereocenters. The molecule has 1 rings (SSSR count). The zero-order valence-electron chi connectivity index (χ0n) is 12.4. The molecule has 0 aromatic rings. The van der Waals surface area contributed by atoms with Crippen LogP contribution in [-0.4, -0.2) is 48.2 Å². The standard InChI is InChI=1S/C14H22N4O4/c15-9-10(14(16)22)3-1-2-7-17-11(19)6-8-18-12(20)4-5-13(18)21/h4-5,10H,1-3,6-9,15H2,(H2,16,22)(H,17,19). The topological polar surface area (TPSA) is 136 Å². The van der Waals surface area contributed by atoms with Crippen molar-refractivity contribution in [3.63, 3.8) is 0 Å². The Morgan fingerprint density at radius 3 is 2.36 bits per heavy atom. The van der Waals surface area contributed by atoms with Gasteiger partial charge in [-0.2, -0.15) is 0 Å². The summed E-state index contributed by atoms with van der Waals surface area (Å²) in [5, 5.41) is 2.70. The molecule has 0 saturated carbocycles. The summed E-state index contributed by atoms with van der Waals surface area (Å²) in [4.78, 5) is 46.2. The van der Waals surface area contributed by atoms with Crippen molar-refractivity contribution in [1.29, 1.82) is 0 Å². The van der Waals surface area contributed by atoms with Gasteiger partial charge in [0.05, 0.1) is 0 Å². The van der Waals surface area contributed by atoms with Gasteiger partial charge in [-0.1, -0.05) is 6.42 Å². The number of primary amides is 1. The zero-order chi connectivity index (χ0) is 16.5. The molecular weight excluding hydrogens is 288 g/mol. The van der Waals surface area contributed by atoms with Crippen LogP contribution in [0, 0.1) is 5.92 Å². The smallest absolute Gasteiger partial charge is 0.253 e. The normalized spacial score (nSPS) is 15.2. The number of carbonyl (C=O) groups excluding carboxylic acids is 4. The Balaban J connectivity index is 2.10. The van der Waals surface area contributed by atoms with Crippen LogP contribution in [0.15, 0.2) is 12.2 Å². The van der Waals surface area contributed by atoms with Crippen LogP contribution in [-0.2, 0) is 19.2 Å². The van der Waals surface area contributed by atoms with Crippen LogP contribution in [0.3, 0.4) is 0 Å². The number of unbranched alkanes of at least 4 members (excludes halogenated alkanes) is 1. The summed E-state index contributed by atoms with van der Waals surface area (Å²) in [5.41, 5.74) is 10.6. The van der Waals surface area contributed by atoms with Gasteiger partial charge in [0.2, 0.25) is 11.8 Å². The predicted molar refractivity (Wildman–Crippen MR) is 79.1 cm³/mol. The highest BCUT2D eigenvalue weighted by molar-refractivity contribution is 6.13. The lowest BCUT2D eigenvalue weighted by Gasteiger charge is -2.13. The first-order chi connectivity index (χ1) is 10.5. The maximum atomic E-state index is 11.6. The van der Waals surface area contributed by atoms with Gasteiger partial charge >= 0.3 is 0 Å². The number of hydrogen-bond acceptors (Lipinski definition) is 5. The van der Waals surface area contributed by atoms with E-state index in [1.54, 1.807) is 0 Å². The number of nitrogens with zero attached hydrogens (tertiary/aromatic N) is 1. The fourth-order valence-electron chi connectivity index (χ4n) is 2.07. The summed E-state index contributed by atoms with van der Waals surface area (Å²) < 4.78 is 0. The second-order valence-electron chi connectivity index (χ2n) is 5.09. The quantitative estimate of drug-likeness (QED) is 0.338. The number of carbonyl (C=O) groups is 4. The lowest BCUT2D eigenvalue weighted by atomic mass is 10.0. The highest BCUT2D eigenvalue weighted by Crippen LogP contribution is 2.06. The van der Waals surface area contributed by atoms with Gasteiger partial charge in [0.25, 0.3) is 11.8 Å². The Labute approximate surface area is 128 Å². The number of amides is 4. The first kappa shape index (κ1) is 17.8. The van der Waals surface area contributed by atoms with E-state index < -0.39 is 17.7 Å². The Kier molecular flexibility index (Phi) is 7.24. The first-order valence-corrected chi connectivity index (χ1v) is 7.25. The SMILES string of the molecule is NCC(CCCCNC(=O)CCN1C(=O)C=CC1=O)C(N)=O. The van der Waals surface area contributed by atoms with E-state index in [0.29, 0.717) is 19.4 Å². The second-order valence-corrected chi connectivity index (χ2v) is 5.09. The molecule has 0 aliphatic carbocycles. The van der Waals surface area contributed by atoms with Crippen molar-refractivity contribution in [3.8, 4) is 0 Å². The van der Waals surface area contributed by atoms with Crippen LogP contribution in [0.1, 0.15) is 25.7 Å². The van der Waals surface area contributed by atoms with Gasteiger partial charge in [-0.3, -0.25) is 24.1 Å². The molecule has 4 amide bonds. The van der Waals surface area contributed by atoms with Crippen LogP contribution in [0.5, 0.6) is 0 Å². The van der Waals surface area contributed by atoms with Crippen LogP contribution in [0.25, 0.3) is 0 Å². The Morgan fingerprint density at radius 1 is 1.18 bits per heavy atom. The average molecular weight is 310 g/mol. The van der Waals surface area contributed by atoms with E-state index in [1.165, 1.54) is 12.2 Å². The monoisotopic (exact) mass is 310 g/mol. The maximum absolute atomic E-state index is 11.6. The minimum absolute atomic E-state index is 0.0753. The average Bonchev–Trinajstić information content (AvgIpc) is 2.79. The van der Waals surface area contributed by atoms with Gasteiger partial charge in [-0.25, -0.2) is 0 Å². The lowest BCUT2D eigenvalue weighted by Crippen LogP contribution is -2.35. The molecule has 8 nitrogen and oxygen atoms in total. The van der Waals surface area contributed by atoms with Gasteiger partial charge in [-0.05, 0) is 12.8 Å². The van der Waals surface area contributed by atoms with Crippen molar-refractivity contribution >= 4 is 23.6 Å². The molecular formula is C14H22N4O4. The van der Waals surface area contributed by atoms with Crippen molar-refractivity contribution in [2.24, 2.45) is 17.4 Å². The molecule has 1 aliphatic heterocycles. The van der Waals surface area contributed by atoms with Crippen molar-refractivity contribution in [2.75, 3.05) is 19.6 Å². The van der Waals surface area contributed by atoms with Crippen LogP contribution >= 0.6 is 0 Å². The zero-order valence-corrected chi connectivity index (χ0v) is 12.4. The Hall–Kier alpha value is -2.22. The summed E-state index contributed by atoms with van der Waals surface area (Å²) in [6.07, 6.45) is 4.49. The Morgan fingerprint density at radius 2 is 1.82 bits per heavy atom. The summed E-state index contributed by atoms with van der Waals surface area (Å²) in [5.74, 6) is -1.73. The molecule has 122 valence electrons. The van der Waals surface area contributed by atoms with Gasteiger partial charge in [0.1, 0.15) is 0 Å². The van der Waals surface area contributed by atoms with E-state index in [-0.39, 0.29) is 31.3 Å². The van der Waals surface area contributed by atoms with Crippen molar-refractivity contribution < 1.29 is 19.2 Å². The lowest BCUT2D eigenvalue weighted by molar-refractivity contribution is -0.137. The molecule has 0 fully saturated rings. The van der Waals surface area contributed by atoms with Crippen molar-refractivity contribution in [3.05, 3.63) is 12.2 Å². The predicted octanol–water partition coefficient (Wildman–Crippen LogP) is -1.35. The van der Waals surface area contributed by atoms with Crippen LogP contribution < -0.4 is 16.8 Å². The third-order valence-corrected chi connectivity index (χ3v) is 3.45. The highest BCUT2D eigenvalue weighted by Gasteiger charge is 2.23. The van der Waals surface area contributed by atoms with Crippen LogP contribution in [0.4, 0.5) is 0 Å². The van der Waals surface area contributed by atoms with Gasteiger partial charge < -0.3 is 16.8 Å². The molecule has 0 spiro atoms. The molecule has 0 saturated heterocycles. The molecule has 0 bridgehead atoms. The number of imide groups is 1. The number of rotatable bonds is 10. The molecule has 1 heterocycles. The molecule has 8 heteroatoms. The number of nitrogens with two attached hydrogens (primary N) is 2. The van der Waals surface area contributed by atoms with E-state index in [4.69, 9.17) is 11.5 Å². The number of nitrogens with one attached hydrogen (secondary N) is 1. The fourth-order valence-corrected chi connectivity index (χ4v) is 2.07. The van der Waals surface area contributed by atoms with Crippen molar-refractivity contribution in [1.82, 2.24) is 10.2 Å². The fraction of sp³-hybridized carbons (Fsp3) is 0.571. The van der Waals surface area contributed by atoms with E-state index in [0.717, 1.165) is 11.3 Å². The summed E-state index contributed by atoms with van der Waals surface area (Å²) >= 11 is 0. The molecule has 0 aromatic heterocycles. The first-order valence-electron chi connectivity index (χ1n) is 7.25. The third-order valence-electron chi connectivity index (χ3n) is 3.45. The molecule has 5 N–H and O–H groups in total. The number of hydrogen-bond donors (Lipinski definition) is 3. The molecule has 0 aromatic carbocycles. The summed E-state index contributed by atoms with van der Waals surface area (Å²) in [7, 11) is 0. The summed E-state index contributed by atoms with van der Waals surface area (Å²) in [6.45, 7) is 0.774. The minimum Gasteiger partial charge on any atom is -0.369 e. The van der Waals surface area contributed by atoms with Crippen molar-refractivity contribution in [2.45, 2.75) is 25.7 Å². The second kappa shape index (κ2) is 8.93. The van der Waals surface area contributed by atoms with Gasteiger partial charge in [0, 0.05) is 44.1 Å². The highest BCUT2D eigenvalue weighted by atomic mass is 16.2. The Bertz CT molecular complexity index is 457. The molecule has 1 aliphatic rings. The van der Waals surface area contributed by atoms with E-state index in [1.807, 2.05) is 0 Å². The van der Waals surface area contributed by atoms with Crippen LogP contribution in [0.2, 0.25) is 0 Å². The molecule has 1 unspecified atom stereocenters. The minimum atomic E-state index is -0.403. The van der Waals surface area contributed by atoms with Gasteiger partial charge in [-0.15, -0.1) is 0 Å². The molecule has 22 heavy (non-hydrogen) atoms. The largest absolute Gasteiger partial charge is 0.369 e. The van der Waals surface area contributed by atoms with E-state index in [2.05, 4.69) is 5.32 Å². The summed E-state index contributed by atoms with van der Waals surface area (Å²) in [6, 6.07) is 0. The van der Waals surface area contributed by atoms with E-state index >= 15 is 0 Å². The van der Waals surface area contributed by atoms with E-state index in [9.17, 15) is 19.2 Å². The maximum Gasteiger partial charge on any atom is 0.253 e. The molecule has 0 radical (unpaired) electrons. The third kappa shape index (κ3) is 5.65. The van der Waals surface area contributed by atoms with Gasteiger partial charge in [0.15, 0.2) is 0 Å².